The van der Waals surface area contributed by atoms with Crippen molar-refractivity contribution in [2.75, 3.05) is 4.90 Å². The first-order valence-electron chi connectivity index (χ1n) is 13.0. The number of anilines is 3. The topological polar surface area (TPSA) is 16.4 Å². The molecule has 0 aliphatic rings. The molecule has 1 aromatic heterocycles. The number of hydrogen-bond acceptors (Lipinski definition) is 2. The smallest absolute Gasteiger partial charge is 0.137 e. The fraction of sp³-hybridized carbons (Fsp3) is 0. The largest absolute Gasteiger partial charge is 0.456 e. The highest BCUT2D eigenvalue weighted by molar-refractivity contribution is 9.10. The second-order valence-electron chi connectivity index (χ2n) is 9.59. The Hall–Kier alpha value is -4.60. The monoisotopic (exact) mass is 565 g/mol. The van der Waals surface area contributed by atoms with Gasteiger partial charge in [-0.1, -0.05) is 101 Å². The van der Waals surface area contributed by atoms with Crippen LogP contribution in [0.1, 0.15) is 0 Å². The summed E-state index contributed by atoms with van der Waals surface area (Å²) in [5, 5.41) is 2.26. The van der Waals surface area contributed by atoms with Gasteiger partial charge in [-0.15, -0.1) is 0 Å². The van der Waals surface area contributed by atoms with E-state index in [9.17, 15) is 0 Å². The molecule has 7 aromatic rings. The van der Waals surface area contributed by atoms with E-state index in [1.165, 1.54) is 16.7 Å². The molecule has 186 valence electrons. The van der Waals surface area contributed by atoms with Gasteiger partial charge in [0.15, 0.2) is 0 Å². The molecule has 0 saturated carbocycles. The first kappa shape index (κ1) is 23.5. The van der Waals surface area contributed by atoms with E-state index in [1.807, 2.05) is 18.2 Å². The molecule has 0 fully saturated rings. The van der Waals surface area contributed by atoms with Crippen molar-refractivity contribution in [3.8, 4) is 22.3 Å². The van der Waals surface area contributed by atoms with Crippen LogP contribution in [0.5, 0.6) is 0 Å². The van der Waals surface area contributed by atoms with E-state index in [0.29, 0.717) is 0 Å². The Labute approximate surface area is 235 Å². The molecule has 0 amide bonds. The highest BCUT2D eigenvalue weighted by atomic mass is 79.9. The van der Waals surface area contributed by atoms with Crippen LogP contribution in [-0.2, 0) is 0 Å². The maximum atomic E-state index is 6.27. The van der Waals surface area contributed by atoms with Crippen molar-refractivity contribution in [1.29, 1.82) is 0 Å². The van der Waals surface area contributed by atoms with Gasteiger partial charge in [-0.05, 0) is 76.9 Å². The molecule has 0 atom stereocenters. The Morgan fingerprint density at radius 1 is 0.410 bits per heavy atom. The van der Waals surface area contributed by atoms with Crippen LogP contribution in [0, 0.1) is 0 Å². The summed E-state index contributed by atoms with van der Waals surface area (Å²) >= 11 is 3.62. The molecular formula is C36H24BrNO. The summed E-state index contributed by atoms with van der Waals surface area (Å²) in [4.78, 5) is 2.29. The van der Waals surface area contributed by atoms with Crippen LogP contribution in [0.25, 0.3) is 44.2 Å². The van der Waals surface area contributed by atoms with Gasteiger partial charge in [0.25, 0.3) is 0 Å². The molecule has 6 aromatic carbocycles. The zero-order chi connectivity index (χ0) is 26.2. The molecular weight excluding hydrogens is 542 g/mol. The van der Waals surface area contributed by atoms with Crippen molar-refractivity contribution in [1.82, 2.24) is 0 Å². The molecule has 1 heterocycles. The number of para-hydroxylation sites is 1. The van der Waals surface area contributed by atoms with Crippen molar-refractivity contribution >= 4 is 54.9 Å². The molecule has 7 rings (SSSR count). The van der Waals surface area contributed by atoms with Crippen molar-refractivity contribution in [3.05, 3.63) is 150 Å². The third-order valence-corrected chi connectivity index (χ3v) is 7.61. The van der Waals surface area contributed by atoms with Crippen molar-refractivity contribution in [2.24, 2.45) is 0 Å². The highest BCUT2D eigenvalue weighted by Crippen LogP contribution is 2.40. The van der Waals surface area contributed by atoms with Gasteiger partial charge in [0.05, 0.1) is 0 Å². The van der Waals surface area contributed by atoms with Crippen molar-refractivity contribution in [3.63, 3.8) is 0 Å². The summed E-state index contributed by atoms with van der Waals surface area (Å²) in [6.45, 7) is 0. The molecule has 0 saturated heterocycles. The van der Waals surface area contributed by atoms with E-state index in [1.54, 1.807) is 0 Å². The number of benzene rings is 6. The number of fused-ring (bicyclic) bond motifs is 3. The lowest BCUT2D eigenvalue weighted by Crippen LogP contribution is -2.10. The minimum atomic E-state index is 0.878. The third kappa shape index (κ3) is 4.52. The van der Waals surface area contributed by atoms with Gasteiger partial charge in [-0.3, -0.25) is 0 Å². The van der Waals surface area contributed by atoms with E-state index in [2.05, 4.69) is 148 Å². The summed E-state index contributed by atoms with van der Waals surface area (Å²) < 4.78 is 7.33. The fourth-order valence-corrected chi connectivity index (χ4v) is 5.63. The Kier molecular flexibility index (Phi) is 5.99. The van der Waals surface area contributed by atoms with Crippen LogP contribution in [0.3, 0.4) is 0 Å². The second kappa shape index (κ2) is 9.94. The third-order valence-electron chi connectivity index (χ3n) is 7.12. The van der Waals surface area contributed by atoms with E-state index in [-0.39, 0.29) is 0 Å². The van der Waals surface area contributed by atoms with Crippen LogP contribution < -0.4 is 4.90 Å². The molecule has 3 heteroatoms. The summed E-state index contributed by atoms with van der Waals surface area (Å²) in [5.74, 6) is 0. The zero-order valence-electron chi connectivity index (χ0n) is 21.1. The van der Waals surface area contributed by atoms with Gasteiger partial charge < -0.3 is 9.32 Å². The van der Waals surface area contributed by atoms with E-state index in [0.717, 1.165) is 49.0 Å². The SMILES string of the molecule is Brc1cccc(-c2cccc(N(c3ccc(-c4ccccc4)cc3)c3ccc4c(c3)oc3ccccc34)c2)c1. The van der Waals surface area contributed by atoms with Crippen molar-refractivity contribution in [2.45, 2.75) is 0 Å². The normalized spacial score (nSPS) is 11.2. The maximum absolute atomic E-state index is 6.27. The molecule has 2 nitrogen and oxygen atoms in total. The van der Waals surface area contributed by atoms with Gasteiger partial charge in [0.1, 0.15) is 11.2 Å². The average Bonchev–Trinajstić information content (AvgIpc) is 3.36. The standard InChI is InChI=1S/C36H24BrNO/c37-29-12-6-10-27(22-29)28-11-7-13-31(23-28)38(30-18-16-26(17-19-30)25-8-2-1-3-9-25)32-20-21-34-33-14-4-5-15-35(33)39-36(34)24-32/h1-24H. The molecule has 39 heavy (non-hydrogen) atoms. The van der Waals surface area contributed by atoms with E-state index in [4.69, 9.17) is 4.42 Å². The zero-order valence-corrected chi connectivity index (χ0v) is 22.7. The molecule has 0 aliphatic heterocycles. The van der Waals surface area contributed by atoms with Crippen LogP contribution in [0.2, 0.25) is 0 Å². The van der Waals surface area contributed by atoms with E-state index < -0.39 is 0 Å². The minimum Gasteiger partial charge on any atom is -0.456 e. The van der Waals surface area contributed by atoms with Gasteiger partial charge in [0, 0.05) is 38.4 Å². The molecule has 0 radical (unpaired) electrons. The summed E-state index contributed by atoms with van der Waals surface area (Å²) in [6, 6.07) is 51.0. The van der Waals surface area contributed by atoms with Crippen molar-refractivity contribution < 1.29 is 4.42 Å². The lowest BCUT2D eigenvalue weighted by Gasteiger charge is -2.26. The number of rotatable bonds is 5. The molecule has 0 aliphatic carbocycles. The number of furan rings is 1. The Morgan fingerprint density at radius 3 is 1.85 bits per heavy atom. The molecule has 0 unspecified atom stereocenters. The summed E-state index contributed by atoms with van der Waals surface area (Å²) in [7, 11) is 0. The first-order chi connectivity index (χ1) is 19.2. The van der Waals surface area contributed by atoms with E-state index >= 15 is 0 Å². The summed E-state index contributed by atoms with van der Waals surface area (Å²) in [5.41, 5.74) is 9.70. The Morgan fingerprint density at radius 2 is 1.03 bits per heavy atom. The lowest BCUT2D eigenvalue weighted by molar-refractivity contribution is 0.669. The molecule has 0 N–H and O–H groups in total. The average molecular weight is 566 g/mol. The molecule has 0 bridgehead atoms. The summed E-state index contributed by atoms with van der Waals surface area (Å²) in [6.07, 6.45) is 0. The highest BCUT2D eigenvalue weighted by Gasteiger charge is 2.16. The maximum Gasteiger partial charge on any atom is 0.137 e. The Bertz CT molecular complexity index is 1920. The van der Waals surface area contributed by atoms with Crippen LogP contribution in [0.15, 0.2) is 154 Å². The quantitative estimate of drug-likeness (QED) is 0.206. The predicted octanol–water partition coefficient (Wildman–Crippen LogP) is 11.2. The van der Waals surface area contributed by atoms with Crippen LogP contribution >= 0.6 is 15.9 Å². The molecule has 0 spiro atoms. The second-order valence-corrected chi connectivity index (χ2v) is 10.5. The van der Waals surface area contributed by atoms with Gasteiger partial charge in [-0.25, -0.2) is 0 Å². The van der Waals surface area contributed by atoms with Gasteiger partial charge in [-0.2, -0.15) is 0 Å². The minimum absolute atomic E-state index is 0.878. The van der Waals surface area contributed by atoms with Crippen LogP contribution in [0.4, 0.5) is 17.1 Å². The first-order valence-corrected chi connectivity index (χ1v) is 13.8. The van der Waals surface area contributed by atoms with Gasteiger partial charge in [0.2, 0.25) is 0 Å². The lowest BCUT2D eigenvalue weighted by atomic mass is 10.0. The van der Waals surface area contributed by atoms with Crippen LogP contribution in [-0.4, -0.2) is 0 Å². The Balaban J connectivity index is 1.38. The number of hydrogen-bond donors (Lipinski definition) is 0. The fourth-order valence-electron chi connectivity index (χ4n) is 5.23. The number of nitrogens with zero attached hydrogens (tertiary/aromatic N) is 1. The number of halogens is 1. The van der Waals surface area contributed by atoms with Gasteiger partial charge >= 0.3 is 0 Å². The predicted molar refractivity (Wildman–Crippen MR) is 167 cm³/mol.